The van der Waals surface area contributed by atoms with Gasteiger partial charge in [0, 0.05) is 6.42 Å². The second-order valence-electron chi connectivity index (χ2n) is 1.40. The molecule has 1 aliphatic rings. The molecular weight excluding hydrogens is 76.1 g/mol. The van der Waals surface area contributed by atoms with Gasteiger partial charge in [-0.1, -0.05) is 5.92 Å². The van der Waals surface area contributed by atoms with E-state index in [0.717, 1.165) is 6.42 Å². The number of hydrogen-bond acceptors (Lipinski definition) is 1. The van der Waals surface area contributed by atoms with E-state index in [1.54, 1.807) is 0 Å². The lowest BCUT2D eigenvalue weighted by Crippen LogP contribution is -2.07. The van der Waals surface area contributed by atoms with Crippen molar-refractivity contribution in [1.29, 1.82) is 0 Å². The van der Waals surface area contributed by atoms with Gasteiger partial charge in [0.15, 0.2) is 0 Å². The summed E-state index contributed by atoms with van der Waals surface area (Å²) in [5, 5.41) is 8.28. The average Bonchev–Trinajstić information content (AvgIpc) is 1.31. The molecule has 0 bridgehead atoms. The second kappa shape index (κ2) is 1.32. The molecule has 1 atom stereocenters. The van der Waals surface area contributed by atoms with E-state index in [2.05, 4.69) is 11.8 Å². The van der Waals surface area contributed by atoms with E-state index >= 15 is 0 Å². The highest BCUT2D eigenvalue weighted by molar-refractivity contribution is 5.16. The maximum Gasteiger partial charge on any atom is 0.0578 e. The highest BCUT2D eigenvalue weighted by Crippen LogP contribution is 2.05. The fourth-order valence-electron chi connectivity index (χ4n) is 0.357. The molecule has 1 N–H and O–H groups in total. The summed E-state index contributed by atoms with van der Waals surface area (Å²) in [5.74, 6) is 5.91. The molecule has 0 heterocycles. The van der Waals surface area contributed by atoms with Crippen molar-refractivity contribution in [3.63, 3.8) is 0 Å². The van der Waals surface area contributed by atoms with Gasteiger partial charge in [-0.15, -0.1) is 5.92 Å². The molecule has 1 unspecified atom stereocenters. The molecule has 0 aromatic carbocycles. The highest BCUT2D eigenvalue weighted by atomic mass is 16.3. The van der Waals surface area contributed by atoms with Crippen LogP contribution in [0.4, 0.5) is 0 Å². The molecular formula is C5H6O. The lowest BCUT2D eigenvalue weighted by Gasteiger charge is -2.06. The molecule has 0 aliphatic heterocycles. The third-order valence-corrected chi connectivity index (χ3v) is 0.875. The van der Waals surface area contributed by atoms with E-state index in [-0.39, 0.29) is 6.61 Å². The quantitative estimate of drug-likeness (QED) is 0.441. The number of hydrogen-bond donors (Lipinski definition) is 1. The molecule has 0 aromatic heterocycles. The topological polar surface area (TPSA) is 20.2 Å². The Hall–Kier alpha value is -0.480. The predicted octanol–water partition coefficient (Wildman–Crippen LogP) is 0.00200. The molecule has 1 rings (SSSR count). The normalized spacial score (nSPS) is 27.2. The number of rotatable bonds is 1. The van der Waals surface area contributed by atoms with Crippen LogP contribution in [0.1, 0.15) is 6.42 Å². The molecule has 1 nitrogen and oxygen atoms in total. The van der Waals surface area contributed by atoms with Crippen molar-refractivity contribution in [2.45, 2.75) is 6.42 Å². The first-order valence-corrected chi connectivity index (χ1v) is 2.02. The van der Waals surface area contributed by atoms with Crippen LogP contribution in [0.15, 0.2) is 0 Å². The van der Waals surface area contributed by atoms with Crippen molar-refractivity contribution in [2.24, 2.45) is 5.92 Å². The minimum atomic E-state index is 0.243. The van der Waals surface area contributed by atoms with Crippen molar-refractivity contribution in [3.8, 4) is 11.8 Å². The molecule has 0 aromatic rings. The maximum atomic E-state index is 8.28. The molecule has 1 heteroatoms. The van der Waals surface area contributed by atoms with Gasteiger partial charge in [-0.3, -0.25) is 0 Å². The Balaban J connectivity index is 2.29. The first-order valence-electron chi connectivity index (χ1n) is 2.02. The largest absolute Gasteiger partial charge is 0.395 e. The molecule has 0 saturated heterocycles. The molecule has 0 spiro atoms. The van der Waals surface area contributed by atoms with Gasteiger partial charge in [-0.05, 0) is 0 Å². The summed E-state index contributed by atoms with van der Waals surface area (Å²) in [5.41, 5.74) is 0. The molecule has 6 heavy (non-hydrogen) atoms. The number of aliphatic hydroxyl groups is 1. The summed E-state index contributed by atoms with van der Waals surface area (Å²) in [4.78, 5) is 0. The fourth-order valence-corrected chi connectivity index (χ4v) is 0.357. The lowest BCUT2D eigenvalue weighted by atomic mass is 10.0. The minimum absolute atomic E-state index is 0.243. The van der Waals surface area contributed by atoms with Crippen LogP contribution in [0.5, 0.6) is 0 Å². The van der Waals surface area contributed by atoms with Crippen molar-refractivity contribution < 1.29 is 5.11 Å². The van der Waals surface area contributed by atoms with Crippen LogP contribution >= 0.6 is 0 Å². The summed E-state index contributed by atoms with van der Waals surface area (Å²) in [6.45, 7) is 0.243. The van der Waals surface area contributed by atoms with Crippen molar-refractivity contribution in [2.75, 3.05) is 6.61 Å². The Morgan fingerprint density at radius 1 is 1.83 bits per heavy atom. The summed E-state index contributed by atoms with van der Waals surface area (Å²) in [6, 6.07) is 0. The summed E-state index contributed by atoms with van der Waals surface area (Å²) in [6.07, 6.45) is 0.899. The smallest absolute Gasteiger partial charge is 0.0578 e. The SMILES string of the molecule is OCC1C#CC1. The van der Waals surface area contributed by atoms with Gasteiger partial charge in [0.2, 0.25) is 0 Å². The molecule has 0 radical (unpaired) electrons. The molecule has 0 amide bonds. The van der Waals surface area contributed by atoms with Crippen LogP contribution in [0, 0.1) is 17.8 Å². The van der Waals surface area contributed by atoms with Gasteiger partial charge in [0.25, 0.3) is 0 Å². The molecule has 1 aliphatic carbocycles. The summed E-state index contributed by atoms with van der Waals surface area (Å²) < 4.78 is 0. The van der Waals surface area contributed by atoms with E-state index in [1.165, 1.54) is 0 Å². The van der Waals surface area contributed by atoms with Gasteiger partial charge in [-0.25, -0.2) is 0 Å². The van der Waals surface area contributed by atoms with Crippen LogP contribution in [0.25, 0.3) is 0 Å². The second-order valence-corrected chi connectivity index (χ2v) is 1.40. The zero-order valence-electron chi connectivity index (χ0n) is 3.44. The molecule has 0 saturated carbocycles. The van der Waals surface area contributed by atoms with Crippen LogP contribution in [-0.4, -0.2) is 11.7 Å². The van der Waals surface area contributed by atoms with Crippen LogP contribution in [-0.2, 0) is 0 Å². The van der Waals surface area contributed by atoms with Crippen molar-refractivity contribution in [3.05, 3.63) is 0 Å². The van der Waals surface area contributed by atoms with E-state index < -0.39 is 0 Å². The standard InChI is InChI=1S/C5H6O/c6-4-5-2-1-3-5/h5-6H,2,4H2. The average molecular weight is 82.1 g/mol. The zero-order valence-corrected chi connectivity index (χ0v) is 3.44. The Kier molecular flexibility index (Phi) is 0.813. The van der Waals surface area contributed by atoms with Gasteiger partial charge in [0.05, 0.1) is 12.5 Å². The highest BCUT2D eigenvalue weighted by Gasteiger charge is 2.05. The van der Waals surface area contributed by atoms with E-state index in [4.69, 9.17) is 5.11 Å². The third kappa shape index (κ3) is 0.395. The number of aliphatic hydroxyl groups excluding tert-OH is 1. The van der Waals surface area contributed by atoms with Crippen molar-refractivity contribution in [1.82, 2.24) is 0 Å². The van der Waals surface area contributed by atoms with E-state index in [9.17, 15) is 0 Å². The molecule has 32 valence electrons. The lowest BCUT2D eigenvalue weighted by molar-refractivity contribution is 0.254. The Morgan fingerprint density at radius 3 is 2.50 bits per heavy atom. The summed E-state index contributed by atoms with van der Waals surface area (Å²) >= 11 is 0. The van der Waals surface area contributed by atoms with Crippen molar-refractivity contribution >= 4 is 0 Å². The minimum Gasteiger partial charge on any atom is -0.395 e. The first-order chi connectivity index (χ1) is 2.93. The Morgan fingerprint density at radius 2 is 2.50 bits per heavy atom. The first kappa shape index (κ1) is 3.70. The van der Waals surface area contributed by atoms with E-state index in [1.807, 2.05) is 0 Å². The zero-order chi connectivity index (χ0) is 4.41. The Bertz CT molecular complexity index is 96.2. The monoisotopic (exact) mass is 82.0 g/mol. The van der Waals surface area contributed by atoms with Gasteiger partial charge >= 0.3 is 0 Å². The maximum absolute atomic E-state index is 8.28. The van der Waals surface area contributed by atoms with Crippen LogP contribution in [0.2, 0.25) is 0 Å². The van der Waals surface area contributed by atoms with Gasteiger partial charge in [-0.2, -0.15) is 0 Å². The fraction of sp³-hybridized carbons (Fsp3) is 0.600. The van der Waals surface area contributed by atoms with Gasteiger partial charge < -0.3 is 5.11 Å². The molecule has 0 fully saturated rings. The third-order valence-electron chi connectivity index (χ3n) is 0.875. The Labute approximate surface area is 37.0 Å². The van der Waals surface area contributed by atoms with E-state index in [0.29, 0.717) is 5.92 Å². The van der Waals surface area contributed by atoms with Crippen LogP contribution in [0.3, 0.4) is 0 Å². The predicted molar refractivity (Wildman–Crippen MR) is 23.0 cm³/mol. The summed E-state index contributed by atoms with van der Waals surface area (Å²) in [7, 11) is 0. The van der Waals surface area contributed by atoms with Gasteiger partial charge in [0.1, 0.15) is 0 Å². The van der Waals surface area contributed by atoms with Crippen LogP contribution < -0.4 is 0 Å².